The highest BCUT2D eigenvalue weighted by Crippen LogP contribution is 2.27. The lowest BCUT2D eigenvalue weighted by Crippen LogP contribution is -2.18. The van der Waals surface area contributed by atoms with Crippen molar-refractivity contribution in [2.24, 2.45) is 0 Å². The number of hydrogen-bond acceptors (Lipinski definition) is 3. The fraction of sp³-hybridized carbons (Fsp3) is 0.483. The van der Waals surface area contributed by atoms with Crippen LogP contribution in [0, 0.1) is 0 Å². The Bertz CT molecular complexity index is 893. The molecule has 0 amide bonds. The van der Waals surface area contributed by atoms with Crippen molar-refractivity contribution in [3.8, 4) is 22.6 Å². The molecule has 0 atom stereocenters. The molecular weight excluding hydrogens is 404 g/mol. The van der Waals surface area contributed by atoms with Crippen molar-refractivity contribution in [1.82, 2.24) is 9.97 Å². The fourth-order valence-electron chi connectivity index (χ4n) is 5.40. The molecule has 0 bridgehead atoms. The molecule has 1 aromatic heterocycles. The minimum Gasteiger partial charge on any atom is -0.382 e. The highest BCUT2D eigenvalue weighted by Gasteiger charge is 2.13. The molecule has 5 rings (SSSR count). The van der Waals surface area contributed by atoms with Crippen molar-refractivity contribution in [3.05, 3.63) is 54.7 Å². The molecule has 2 aliphatic rings. The Balaban J connectivity index is 1.20. The second-order valence-corrected chi connectivity index (χ2v) is 9.97. The van der Waals surface area contributed by atoms with Gasteiger partial charge in [0.2, 0.25) is 0 Å². The molecule has 2 fully saturated rings. The third-order valence-corrected chi connectivity index (χ3v) is 7.38. The molecule has 3 aromatic rings. The Kier molecular flexibility index (Phi) is 7.30. The highest BCUT2D eigenvalue weighted by atomic mass is 14.9. The number of aromatic nitrogens is 2. The maximum atomic E-state index is 4.66. The van der Waals surface area contributed by atoms with Gasteiger partial charge in [-0.05, 0) is 67.6 Å². The van der Waals surface area contributed by atoms with Gasteiger partial charge in [0.25, 0.3) is 0 Å². The molecule has 0 radical (unpaired) electrons. The number of aromatic amines is 1. The third kappa shape index (κ3) is 5.98. The van der Waals surface area contributed by atoms with Crippen molar-refractivity contribution in [2.75, 3.05) is 10.6 Å². The minimum atomic E-state index is 0.619. The zero-order valence-electron chi connectivity index (χ0n) is 19.8. The van der Waals surface area contributed by atoms with Crippen LogP contribution in [0.2, 0.25) is 0 Å². The summed E-state index contributed by atoms with van der Waals surface area (Å²) < 4.78 is 0. The average molecular weight is 443 g/mol. The summed E-state index contributed by atoms with van der Waals surface area (Å²) in [4.78, 5) is 8.17. The SMILES string of the molecule is c1cc(-c2cnc(-c3ccc(NC4CCCCCC4)cc3)[nH]2)ccc1NC1CCCCCC1. The molecule has 33 heavy (non-hydrogen) atoms. The maximum Gasteiger partial charge on any atom is 0.137 e. The molecule has 0 saturated heterocycles. The van der Waals surface area contributed by atoms with Gasteiger partial charge in [0.1, 0.15) is 5.82 Å². The highest BCUT2D eigenvalue weighted by molar-refractivity contribution is 5.67. The van der Waals surface area contributed by atoms with Gasteiger partial charge < -0.3 is 15.6 Å². The van der Waals surface area contributed by atoms with Gasteiger partial charge >= 0.3 is 0 Å². The minimum absolute atomic E-state index is 0.619. The van der Waals surface area contributed by atoms with Crippen LogP contribution in [0.15, 0.2) is 54.7 Å². The molecule has 0 unspecified atom stereocenters. The van der Waals surface area contributed by atoms with Gasteiger partial charge in [0.15, 0.2) is 0 Å². The van der Waals surface area contributed by atoms with Crippen molar-refractivity contribution in [3.63, 3.8) is 0 Å². The maximum absolute atomic E-state index is 4.66. The van der Waals surface area contributed by atoms with Gasteiger partial charge in [-0.15, -0.1) is 0 Å². The summed E-state index contributed by atoms with van der Waals surface area (Å²) in [6.45, 7) is 0. The second-order valence-electron chi connectivity index (χ2n) is 9.97. The summed E-state index contributed by atoms with van der Waals surface area (Å²) in [7, 11) is 0. The van der Waals surface area contributed by atoms with Crippen LogP contribution < -0.4 is 10.6 Å². The summed E-state index contributed by atoms with van der Waals surface area (Å²) in [5.74, 6) is 0.923. The first-order valence-electron chi connectivity index (χ1n) is 13.1. The number of hydrogen-bond donors (Lipinski definition) is 3. The summed E-state index contributed by atoms with van der Waals surface area (Å²) in [6.07, 6.45) is 18.1. The van der Waals surface area contributed by atoms with E-state index >= 15 is 0 Å². The molecule has 4 heteroatoms. The van der Waals surface area contributed by atoms with Crippen molar-refractivity contribution in [2.45, 2.75) is 89.1 Å². The number of H-pyrrole nitrogens is 1. The summed E-state index contributed by atoms with van der Waals surface area (Å²) in [6, 6.07) is 18.7. The van der Waals surface area contributed by atoms with E-state index in [2.05, 4.69) is 69.1 Å². The Hall–Kier alpha value is -2.75. The average Bonchev–Trinajstić information content (AvgIpc) is 3.01. The first kappa shape index (κ1) is 22.1. The Morgan fingerprint density at radius 1 is 0.576 bits per heavy atom. The number of nitrogens with one attached hydrogen (secondary N) is 3. The van der Waals surface area contributed by atoms with E-state index in [4.69, 9.17) is 0 Å². The van der Waals surface area contributed by atoms with E-state index in [1.54, 1.807) is 0 Å². The fourth-order valence-corrected chi connectivity index (χ4v) is 5.40. The smallest absolute Gasteiger partial charge is 0.137 e. The first-order chi connectivity index (χ1) is 16.3. The van der Waals surface area contributed by atoms with E-state index in [0.717, 1.165) is 17.1 Å². The lowest BCUT2D eigenvalue weighted by atomic mass is 10.1. The van der Waals surface area contributed by atoms with Crippen LogP contribution >= 0.6 is 0 Å². The zero-order valence-corrected chi connectivity index (χ0v) is 19.8. The summed E-state index contributed by atoms with van der Waals surface area (Å²) in [5.41, 5.74) is 5.80. The van der Waals surface area contributed by atoms with Crippen molar-refractivity contribution < 1.29 is 0 Å². The number of benzene rings is 2. The molecule has 2 aromatic carbocycles. The Morgan fingerprint density at radius 2 is 1.03 bits per heavy atom. The van der Waals surface area contributed by atoms with Gasteiger partial charge in [-0.1, -0.05) is 63.5 Å². The van der Waals surface area contributed by atoms with Crippen LogP contribution in [-0.2, 0) is 0 Å². The van der Waals surface area contributed by atoms with Gasteiger partial charge in [-0.3, -0.25) is 0 Å². The predicted molar refractivity (Wildman–Crippen MR) is 140 cm³/mol. The molecule has 4 nitrogen and oxygen atoms in total. The normalized spacial score (nSPS) is 18.4. The monoisotopic (exact) mass is 442 g/mol. The van der Waals surface area contributed by atoms with Gasteiger partial charge in [-0.2, -0.15) is 0 Å². The van der Waals surface area contributed by atoms with Crippen molar-refractivity contribution >= 4 is 11.4 Å². The molecule has 3 N–H and O–H groups in total. The Morgan fingerprint density at radius 3 is 1.52 bits per heavy atom. The van der Waals surface area contributed by atoms with Crippen LogP contribution in [0.25, 0.3) is 22.6 Å². The van der Waals surface area contributed by atoms with E-state index in [9.17, 15) is 0 Å². The number of nitrogens with zero attached hydrogens (tertiary/aromatic N) is 1. The van der Waals surface area contributed by atoms with E-state index in [0.29, 0.717) is 12.1 Å². The first-order valence-corrected chi connectivity index (χ1v) is 13.1. The van der Waals surface area contributed by atoms with E-state index in [1.165, 1.54) is 94.0 Å². The van der Waals surface area contributed by atoms with Crippen LogP contribution in [0.1, 0.15) is 77.0 Å². The summed E-state index contributed by atoms with van der Waals surface area (Å²) >= 11 is 0. The van der Waals surface area contributed by atoms with Gasteiger partial charge in [0.05, 0.1) is 11.9 Å². The van der Waals surface area contributed by atoms with E-state index in [-0.39, 0.29) is 0 Å². The molecule has 2 saturated carbocycles. The Labute approximate surface area is 198 Å². The van der Waals surface area contributed by atoms with Crippen LogP contribution in [-0.4, -0.2) is 22.1 Å². The van der Waals surface area contributed by atoms with Crippen LogP contribution in [0.5, 0.6) is 0 Å². The molecule has 0 spiro atoms. The molecular formula is C29H38N4. The lowest BCUT2D eigenvalue weighted by Gasteiger charge is -2.17. The standard InChI is InChI=1S/C29H38N4/c1-2-6-10-24(9-5-1)31-26-17-13-22(14-18-26)28-21-30-29(33-28)23-15-19-27(20-16-23)32-25-11-7-3-4-8-12-25/h13-21,24-25,31-32H,1-12H2,(H,30,33). The molecule has 2 aliphatic carbocycles. The van der Waals surface area contributed by atoms with Gasteiger partial charge in [-0.25, -0.2) is 4.98 Å². The second kappa shape index (κ2) is 10.9. The quantitative estimate of drug-likeness (QED) is 0.339. The number of imidazole rings is 1. The molecule has 1 heterocycles. The molecule has 0 aliphatic heterocycles. The number of rotatable bonds is 6. The summed E-state index contributed by atoms with van der Waals surface area (Å²) in [5, 5.41) is 7.47. The predicted octanol–water partition coefficient (Wildman–Crippen LogP) is 8.01. The third-order valence-electron chi connectivity index (χ3n) is 7.38. The number of anilines is 2. The van der Waals surface area contributed by atoms with Crippen LogP contribution in [0.3, 0.4) is 0 Å². The zero-order chi connectivity index (χ0) is 22.3. The molecule has 174 valence electrons. The van der Waals surface area contributed by atoms with E-state index < -0.39 is 0 Å². The van der Waals surface area contributed by atoms with Gasteiger partial charge in [0, 0.05) is 29.0 Å². The largest absolute Gasteiger partial charge is 0.382 e. The van der Waals surface area contributed by atoms with Crippen molar-refractivity contribution in [1.29, 1.82) is 0 Å². The van der Waals surface area contributed by atoms with Crippen LogP contribution in [0.4, 0.5) is 11.4 Å². The van der Waals surface area contributed by atoms with E-state index in [1.807, 2.05) is 6.20 Å². The lowest BCUT2D eigenvalue weighted by molar-refractivity contribution is 0.620. The topological polar surface area (TPSA) is 52.7 Å².